The van der Waals surface area contributed by atoms with Gasteiger partial charge in [-0.05, 0) is 121 Å². The zero-order chi connectivity index (χ0) is 30.1. The second-order valence-corrected chi connectivity index (χ2v) is 13.7. The summed E-state index contributed by atoms with van der Waals surface area (Å²) in [6.45, 7) is 12.6. The van der Waals surface area contributed by atoms with Crippen LogP contribution in [0.5, 0.6) is 0 Å². The van der Waals surface area contributed by atoms with Crippen LogP contribution in [0.25, 0.3) is 11.1 Å². The standard InChI is InChI=1S/2C18H22O.2C2H6/c2*1-18-11-10-14-13-5-3-2-4-12(13)6-7-15(14)16(18)8-9-17(18)19;2*1-2/h2*2-5,10,15-17,19H,6-9,11H2,1H3;2*1-2H3/t15-,16+,17+,18+;15-,16+,17-,18+;;/m00../s1. The number of hydrogen-bond donors (Lipinski definition) is 2. The molecule has 2 heteroatoms. The number of rotatable bonds is 0. The molecule has 0 spiro atoms. The molecule has 228 valence electrons. The highest BCUT2D eigenvalue weighted by Crippen LogP contribution is 2.59. The highest BCUT2D eigenvalue weighted by molar-refractivity contribution is 5.74. The van der Waals surface area contributed by atoms with Crippen LogP contribution in [-0.4, -0.2) is 22.4 Å². The molecule has 42 heavy (non-hydrogen) atoms. The predicted molar refractivity (Wildman–Crippen MR) is 178 cm³/mol. The van der Waals surface area contributed by atoms with Crippen LogP contribution < -0.4 is 0 Å². The lowest BCUT2D eigenvalue weighted by atomic mass is 9.60. The average molecular weight is 569 g/mol. The van der Waals surface area contributed by atoms with Crippen molar-refractivity contribution in [3.8, 4) is 0 Å². The Morgan fingerprint density at radius 3 is 1.33 bits per heavy atom. The fourth-order valence-corrected chi connectivity index (χ4v) is 9.78. The molecule has 0 amide bonds. The van der Waals surface area contributed by atoms with E-state index < -0.39 is 0 Å². The van der Waals surface area contributed by atoms with Gasteiger partial charge in [0, 0.05) is 10.8 Å². The van der Waals surface area contributed by atoms with Crippen LogP contribution in [0.4, 0.5) is 0 Å². The van der Waals surface area contributed by atoms with Crippen molar-refractivity contribution in [1.29, 1.82) is 0 Å². The van der Waals surface area contributed by atoms with Gasteiger partial charge in [0.1, 0.15) is 0 Å². The smallest absolute Gasteiger partial charge is 0.0599 e. The highest BCUT2D eigenvalue weighted by atomic mass is 16.3. The summed E-state index contributed by atoms with van der Waals surface area (Å²) in [5, 5.41) is 20.7. The van der Waals surface area contributed by atoms with E-state index in [0.29, 0.717) is 23.7 Å². The van der Waals surface area contributed by atoms with E-state index in [-0.39, 0.29) is 23.0 Å². The number of allylic oxidation sites excluding steroid dienone is 4. The van der Waals surface area contributed by atoms with Crippen LogP contribution in [0.15, 0.2) is 60.7 Å². The predicted octanol–water partition coefficient (Wildman–Crippen LogP) is 9.68. The first-order chi connectivity index (χ1) is 20.4. The van der Waals surface area contributed by atoms with E-state index in [9.17, 15) is 10.2 Å². The Hall–Kier alpha value is -2.16. The Morgan fingerprint density at radius 1 is 0.548 bits per heavy atom. The average Bonchev–Trinajstić information content (AvgIpc) is 3.53. The van der Waals surface area contributed by atoms with Gasteiger partial charge in [-0.15, -0.1) is 0 Å². The Labute approximate surface area is 256 Å². The van der Waals surface area contributed by atoms with E-state index in [1.165, 1.54) is 60.8 Å². The van der Waals surface area contributed by atoms with Gasteiger partial charge in [0.05, 0.1) is 12.2 Å². The summed E-state index contributed by atoms with van der Waals surface area (Å²) in [7, 11) is 0. The van der Waals surface area contributed by atoms with Crippen molar-refractivity contribution < 1.29 is 10.2 Å². The first kappa shape index (κ1) is 31.3. The lowest BCUT2D eigenvalue weighted by Gasteiger charge is -2.45. The first-order valence-corrected chi connectivity index (χ1v) is 17.3. The Balaban J connectivity index is 0.000000150. The monoisotopic (exact) mass is 568 g/mol. The first-order valence-electron chi connectivity index (χ1n) is 17.3. The molecule has 0 unspecified atom stereocenters. The normalized spacial score (nSPS) is 36.6. The van der Waals surface area contributed by atoms with Crippen molar-refractivity contribution in [3.63, 3.8) is 0 Å². The molecule has 0 aromatic heterocycles. The van der Waals surface area contributed by atoms with Crippen LogP contribution in [0, 0.1) is 34.5 Å². The van der Waals surface area contributed by atoms with Gasteiger partial charge in [-0.2, -0.15) is 0 Å². The minimum Gasteiger partial charge on any atom is -0.393 e. The maximum absolute atomic E-state index is 10.3. The van der Waals surface area contributed by atoms with Crippen molar-refractivity contribution in [3.05, 3.63) is 82.9 Å². The molecule has 2 nitrogen and oxygen atoms in total. The van der Waals surface area contributed by atoms with E-state index in [1.54, 1.807) is 11.1 Å². The third kappa shape index (κ3) is 5.15. The topological polar surface area (TPSA) is 40.5 Å². The fraction of sp³-hybridized carbons (Fsp3) is 0.600. The minimum atomic E-state index is -0.0903. The second kappa shape index (κ2) is 12.8. The minimum absolute atomic E-state index is 0.0903. The molecule has 8 atom stereocenters. The molecule has 0 bridgehead atoms. The molecular weight excluding hydrogens is 512 g/mol. The van der Waals surface area contributed by atoms with Gasteiger partial charge < -0.3 is 10.2 Å². The quantitative estimate of drug-likeness (QED) is 0.332. The zero-order valence-corrected chi connectivity index (χ0v) is 27.2. The van der Waals surface area contributed by atoms with Gasteiger partial charge in [0.15, 0.2) is 0 Å². The van der Waals surface area contributed by atoms with E-state index in [4.69, 9.17) is 0 Å². The van der Waals surface area contributed by atoms with Crippen LogP contribution in [0.2, 0.25) is 0 Å². The van der Waals surface area contributed by atoms with E-state index in [0.717, 1.165) is 25.7 Å². The Kier molecular flexibility index (Phi) is 9.55. The number of aryl methyl sites for hydroxylation is 2. The third-order valence-electron chi connectivity index (χ3n) is 12.1. The summed E-state index contributed by atoms with van der Waals surface area (Å²) >= 11 is 0. The molecule has 0 saturated heterocycles. The Bertz CT molecular complexity index is 1190. The van der Waals surface area contributed by atoms with Crippen molar-refractivity contribution in [2.24, 2.45) is 34.5 Å². The van der Waals surface area contributed by atoms with Gasteiger partial charge in [0.25, 0.3) is 0 Å². The largest absolute Gasteiger partial charge is 0.393 e. The molecule has 6 aliphatic rings. The molecule has 0 aliphatic heterocycles. The van der Waals surface area contributed by atoms with Gasteiger partial charge in [-0.1, -0.05) is 102 Å². The molecule has 2 aromatic carbocycles. The molecule has 2 saturated carbocycles. The Morgan fingerprint density at radius 2 is 0.929 bits per heavy atom. The highest BCUT2D eigenvalue weighted by Gasteiger charge is 2.53. The van der Waals surface area contributed by atoms with Crippen molar-refractivity contribution in [2.45, 2.75) is 118 Å². The van der Waals surface area contributed by atoms with E-state index in [2.05, 4.69) is 74.5 Å². The molecule has 8 rings (SSSR count). The summed E-state index contributed by atoms with van der Waals surface area (Å²) in [5.41, 5.74) is 9.46. The number of aliphatic hydroxyl groups is 2. The molecular formula is C40H56O2. The maximum atomic E-state index is 10.3. The van der Waals surface area contributed by atoms with Crippen molar-refractivity contribution in [2.75, 3.05) is 0 Å². The number of hydrogen-bond acceptors (Lipinski definition) is 2. The molecule has 2 aromatic rings. The summed E-state index contributed by atoms with van der Waals surface area (Å²) in [5.74, 6) is 2.75. The fourth-order valence-electron chi connectivity index (χ4n) is 9.78. The molecule has 2 fully saturated rings. The second-order valence-electron chi connectivity index (χ2n) is 13.7. The number of benzene rings is 2. The van der Waals surface area contributed by atoms with Crippen LogP contribution >= 0.6 is 0 Å². The summed E-state index contributed by atoms with van der Waals surface area (Å²) in [4.78, 5) is 0. The summed E-state index contributed by atoms with van der Waals surface area (Å²) < 4.78 is 0. The number of aliphatic hydroxyl groups excluding tert-OH is 2. The lowest BCUT2D eigenvalue weighted by Crippen LogP contribution is -2.39. The molecule has 6 aliphatic carbocycles. The van der Waals surface area contributed by atoms with E-state index in [1.807, 2.05) is 27.7 Å². The number of fused-ring (bicyclic) bond motifs is 10. The maximum Gasteiger partial charge on any atom is 0.0599 e. The van der Waals surface area contributed by atoms with Gasteiger partial charge in [-0.3, -0.25) is 0 Å². The van der Waals surface area contributed by atoms with Crippen molar-refractivity contribution >= 4 is 11.1 Å². The van der Waals surface area contributed by atoms with Crippen LogP contribution in [-0.2, 0) is 12.8 Å². The zero-order valence-electron chi connectivity index (χ0n) is 27.2. The van der Waals surface area contributed by atoms with Gasteiger partial charge in [-0.25, -0.2) is 0 Å². The van der Waals surface area contributed by atoms with Gasteiger partial charge >= 0.3 is 0 Å². The molecule has 0 heterocycles. The van der Waals surface area contributed by atoms with Crippen molar-refractivity contribution in [1.82, 2.24) is 0 Å². The SMILES string of the molecule is CC.CC.C[C@@]12CC=C3c4ccccc4CC[C@@H]3[C@H]1CC[C@@H]2O.C[C@@]12CC=C3c4ccccc4CC[C@@H]3[C@H]1CC[C@H]2O. The van der Waals surface area contributed by atoms with E-state index >= 15 is 0 Å². The molecule has 0 radical (unpaired) electrons. The summed E-state index contributed by atoms with van der Waals surface area (Å²) in [6.07, 6.45) is 16.2. The third-order valence-corrected chi connectivity index (χ3v) is 12.1. The molecule has 2 N–H and O–H groups in total. The lowest BCUT2D eigenvalue weighted by molar-refractivity contribution is 0.0251. The van der Waals surface area contributed by atoms with Crippen LogP contribution in [0.3, 0.4) is 0 Å². The summed E-state index contributed by atoms with van der Waals surface area (Å²) in [6, 6.07) is 17.8. The van der Waals surface area contributed by atoms with Gasteiger partial charge in [0.2, 0.25) is 0 Å². The van der Waals surface area contributed by atoms with Crippen LogP contribution in [0.1, 0.15) is 115 Å².